The number of aromatic nitrogens is 2. The molecule has 0 aliphatic rings. The summed E-state index contributed by atoms with van der Waals surface area (Å²) in [6.07, 6.45) is 2.95. The average molecular weight is 287 g/mol. The van der Waals surface area contributed by atoms with Crippen LogP contribution in [0.2, 0.25) is 0 Å². The van der Waals surface area contributed by atoms with Gasteiger partial charge in [0, 0.05) is 12.6 Å². The molecule has 0 saturated carbocycles. The molecule has 0 saturated heterocycles. The highest BCUT2D eigenvalue weighted by molar-refractivity contribution is 9.10. The van der Waals surface area contributed by atoms with Gasteiger partial charge in [-0.05, 0) is 33.6 Å². The molecule has 2 heterocycles. The Morgan fingerprint density at radius 3 is 2.59 bits per heavy atom. The maximum absolute atomic E-state index is 4.60. The van der Waals surface area contributed by atoms with Gasteiger partial charge in [-0.25, -0.2) is 4.98 Å². The van der Waals surface area contributed by atoms with Crippen molar-refractivity contribution in [2.45, 2.75) is 6.42 Å². The van der Waals surface area contributed by atoms with E-state index < -0.39 is 0 Å². The van der Waals surface area contributed by atoms with Crippen molar-refractivity contribution in [3.63, 3.8) is 0 Å². The highest BCUT2D eigenvalue weighted by atomic mass is 79.9. The Morgan fingerprint density at radius 2 is 1.82 bits per heavy atom. The topological polar surface area (TPSA) is 17.3 Å². The molecular formula is C14H11BrN2. The summed E-state index contributed by atoms with van der Waals surface area (Å²) in [5.74, 6) is 0. The van der Waals surface area contributed by atoms with Crippen LogP contribution in [0.5, 0.6) is 0 Å². The summed E-state index contributed by atoms with van der Waals surface area (Å²) < 4.78 is 3.08. The van der Waals surface area contributed by atoms with Crippen LogP contribution in [-0.2, 0) is 6.42 Å². The fourth-order valence-corrected chi connectivity index (χ4v) is 2.35. The molecular weight excluding hydrogens is 276 g/mol. The molecule has 1 aromatic carbocycles. The predicted octanol–water partition coefficient (Wildman–Crippen LogP) is 3.69. The Morgan fingerprint density at radius 1 is 1.00 bits per heavy atom. The largest absolute Gasteiger partial charge is 0.294 e. The van der Waals surface area contributed by atoms with E-state index in [2.05, 4.69) is 55.8 Å². The van der Waals surface area contributed by atoms with Gasteiger partial charge in [-0.1, -0.05) is 36.4 Å². The highest BCUT2D eigenvalue weighted by Crippen LogP contribution is 2.16. The normalized spacial score (nSPS) is 10.9. The molecule has 3 rings (SSSR count). The summed E-state index contributed by atoms with van der Waals surface area (Å²) in [7, 11) is 0. The zero-order valence-electron chi connectivity index (χ0n) is 9.18. The Labute approximate surface area is 108 Å². The first-order chi connectivity index (χ1) is 8.33. The Hall–Kier alpha value is -1.61. The lowest BCUT2D eigenvalue weighted by Gasteiger charge is -1.96. The monoisotopic (exact) mass is 286 g/mol. The summed E-state index contributed by atoms with van der Waals surface area (Å²) in [5.41, 5.74) is 3.35. The molecule has 0 bridgehead atoms. The Bertz CT molecular complexity index is 644. The van der Waals surface area contributed by atoms with Crippen molar-refractivity contribution < 1.29 is 0 Å². The fourth-order valence-electron chi connectivity index (χ4n) is 1.92. The van der Waals surface area contributed by atoms with Crippen molar-refractivity contribution in [3.8, 4) is 0 Å². The first-order valence-electron chi connectivity index (χ1n) is 5.49. The molecule has 84 valence electrons. The van der Waals surface area contributed by atoms with Crippen LogP contribution in [0.1, 0.15) is 11.3 Å². The first kappa shape index (κ1) is 10.5. The molecule has 3 aromatic rings. The molecule has 0 amide bonds. The molecule has 2 nitrogen and oxygen atoms in total. The van der Waals surface area contributed by atoms with Crippen LogP contribution in [-0.4, -0.2) is 9.38 Å². The van der Waals surface area contributed by atoms with Crippen LogP contribution in [0.3, 0.4) is 0 Å². The number of hydrogen-bond donors (Lipinski definition) is 0. The van der Waals surface area contributed by atoms with Crippen molar-refractivity contribution in [2.75, 3.05) is 0 Å². The molecule has 0 unspecified atom stereocenters. The van der Waals surface area contributed by atoms with E-state index in [4.69, 9.17) is 0 Å². The molecule has 0 N–H and O–H groups in total. The number of pyridine rings is 1. The first-order valence-corrected chi connectivity index (χ1v) is 6.29. The second-order valence-corrected chi connectivity index (χ2v) is 4.78. The van der Waals surface area contributed by atoms with Crippen molar-refractivity contribution >= 4 is 21.6 Å². The zero-order valence-corrected chi connectivity index (χ0v) is 10.8. The third-order valence-corrected chi connectivity index (χ3v) is 3.37. The third kappa shape index (κ3) is 2.11. The van der Waals surface area contributed by atoms with Gasteiger partial charge in [0.1, 0.15) is 5.65 Å². The van der Waals surface area contributed by atoms with E-state index in [0.717, 1.165) is 22.4 Å². The number of rotatable bonds is 2. The van der Waals surface area contributed by atoms with Gasteiger partial charge >= 0.3 is 0 Å². The van der Waals surface area contributed by atoms with Gasteiger partial charge in [0.05, 0.1) is 10.3 Å². The number of nitrogens with zero attached hydrogens (tertiary/aromatic N) is 2. The van der Waals surface area contributed by atoms with Gasteiger partial charge in [0.15, 0.2) is 0 Å². The van der Waals surface area contributed by atoms with E-state index in [-0.39, 0.29) is 0 Å². The standard InChI is InChI=1S/C14H11BrN2/c15-13-7-4-8-14-16-12(10-17(13)14)9-11-5-2-1-3-6-11/h1-8,10H,9H2. The smallest absolute Gasteiger partial charge is 0.137 e. The molecule has 3 heteroatoms. The Kier molecular flexibility index (Phi) is 2.69. The van der Waals surface area contributed by atoms with Crippen LogP contribution >= 0.6 is 15.9 Å². The van der Waals surface area contributed by atoms with Gasteiger partial charge in [0.25, 0.3) is 0 Å². The summed E-state index contributed by atoms with van der Waals surface area (Å²) in [6.45, 7) is 0. The van der Waals surface area contributed by atoms with Crippen LogP contribution in [0, 0.1) is 0 Å². The minimum Gasteiger partial charge on any atom is -0.294 e. The number of benzene rings is 1. The van der Waals surface area contributed by atoms with E-state index in [0.29, 0.717) is 0 Å². The lowest BCUT2D eigenvalue weighted by Crippen LogP contribution is -1.86. The molecule has 2 aromatic heterocycles. The van der Waals surface area contributed by atoms with Crippen molar-refractivity contribution in [2.24, 2.45) is 0 Å². The molecule has 0 spiro atoms. The van der Waals surface area contributed by atoms with E-state index in [1.165, 1.54) is 5.56 Å². The fraction of sp³-hybridized carbons (Fsp3) is 0.0714. The SMILES string of the molecule is Brc1cccc2nc(Cc3ccccc3)cn12. The van der Waals surface area contributed by atoms with E-state index >= 15 is 0 Å². The summed E-state index contributed by atoms with van der Waals surface area (Å²) in [4.78, 5) is 4.60. The maximum atomic E-state index is 4.60. The third-order valence-electron chi connectivity index (χ3n) is 2.72. The second kappa shape index (κ2) is 4.34. The van der Waals surface area contributed by atoms with Gasteiger partial charge in [-0.2, -0.15) is 0 Å². The average Bonchev–Trinajstić information content (AvgIpc) is 2.74. The lowest BCUT2D eigenvalue weighted by atomic mass is 10.1. The van der Waals surface area contributed by atoms with Crippen molar-refractivity contribution in [1.29, 1.82) is 0 Å². The van der Waals surface area contributed by atoms with Gasteiger partial charge < -0.3 is 0 Å². The molecule has 0 radical (unpaired) electrons. The summed E-state index contributed by atoms with van der Waals surface area (Å²) in [5, 5.41) is 0. The maximum Gasteiger partial charge on any atom is 0.137 e. The van der Waals surface area contributed by atoms with Gasteiger partial charge in [0.2, 0.25) is 0 Å². The number of halogens is 1. The minimum absolute atomic E-state index is 0.870. The lowest BCUT2D eigenvalue weighted by molar-refractivity contribution is 1.11. The van der Waals surface area contributed by atoms with Crippen LogP contribution in [0.25, 0.3) is 5.65 Å². The van der Waals surface area contributed by atoms with Gasteiger partial charge in [-0.3, -0.25) is 4.40 Å². The number of hydrogen-bond acceptors (Lipinski definition) is 1. The van der Waals surface area contributed by atoms with Crippen molar-refractivity contribution in [1.82, 2.24) is 9.38 Å². The second-order valence-electron chi connectivity index (χ2n) is 3.97. The molecule has 0 atom stereocenters. The minimum atomic E-state index is 0.870. The quantitative estimate of drug-likeness (QED) is 0.657. The zero-order chi connectivity index (χ0) is 11.7. The highest BCUT2D eigenvalue weighted by Gasteiger charge is 2.04. The van der Waals surface area contributed by atoms with Crippen LogP contribution < -0.4 is 0 Å². The Balaban J connectivity index is 1.99. The summed E-state index contributed by atoms with van der Waals surface area (Å²) in [6, 6.07) is 16.4. The van der Waals surface area contributed by atoms with E-state index in [1.54, 1.807) is 0 Å². The number of imidazole rings is 1. The number of fused-ring (bicyclic) bond motifs is 1. The van der Waals surface area contributed by atoms with Crippen LogP contribution in [0.15, 0.2) is 59.3 Å². The molecule has 0 aliphatic heterocycles. The predicted molar refractivity (Wildman–Crippen MR) is 72.1 cm³/mol. The van der Waals surface area contributed by atoms with E-state index in [9.17, 15) is 0 Å². The van der Waals surface area contributed by atoms with Crippen molar-refractivity contribution in [3.05, 3.63) is 70.6 Å². The molecule has 0 aliphatic carbocycles. The molecule has 17 heavy (non-hydrogen) atoms. The van der Waals surface area contributed by atoms with Crippen LogP contribution in [0.4, 0.5) is 0 Å². The van der Waals surface area contributed by atoms with E-state index in [1.807, 2.05) is 24.3 Å². The van der Waals surface area contributed by atoms with Gasteiger partial charge in [-0.15, -0.1) is 0 Å². The molecule has 0 fully saturated rings. The summed E-state index contributed by atoms with van der Waals surface area (Å²) >= 11 is 3.52.